The summed E-state index contributed by atoms with van der Waals surface area (Å²) in [6.45, 7) is 3.97. The van der Waals surface area contributed by atoms with Crippen molar-refractivity contribution in [1.29, 1.82) is 0 Å². The quantitative estimate of drug-likeness (QED) is 0.731. The van der Waals surface area contributed by atoms with Gasteiger partial charge in [-0.15, -0.1) is 0 Å². The molecule has 0 unspecified atom stereocenters. The van der Waals surface area contributed by atoms with Crippen LogP contribution >= 0.6 is 15.9 Å². The van der Waals surface area contributed by atoms with Crippen LogP contribution in [0, 0.1) is 0 Å². The lowest BCUT2D eigenvalue weighted by Crippen LogP contribution is -2.14. The Morgan fingerprint density at radius 3 is 2.65 bits per heavy atom. The van der Waals surface area contributed by atoms with E-state index in [4.69, 9.17) is 5.73 Å². The Labute approximate surface area is 125 Å². The summed E-state index contributed by atoms with van der Waals surface area (Å²) in [5.74, 6) is 0.489. The van der Waals surface area contributed by atoms with Crippen LogP contribution < -0.4 is 10.5 Å². The van der Waals surface area contributed by atoms with Gasteiger partial charge in [-0.05, 0) is 40.0 Å². The Morgan fingerprint density at radius 2 is 2.05 bits per heavy atom. The molecule has 0 radical (unpaired) electrons. The van der Waals surface area contributed by atoms with Crippen LogP contribution in [0.3, 0.4) is 0 Å². The molecule has 4 N–H and O–H groups in total. The van der Waals surface area contributed by atoms with E-state index in [0.29, 0.717) is 10.2 Å². The second kappa shape index (κ2) is 5.45. The zero-order valence-corrected chi connectivity index (χ0v) is 13.4. The summed E-state index contributed by atoms with van der Waals surface area (Å²) in [5, 5.41) is 6.73. The fourth-order valence-corrected chi connectivity index (χ4v) is 3.59. The maximum absolute atomic E-state index is 12.3. The van der Waals surface area contributed by atoms with Crippen molar-refractivity contribution in [3.8, 4) is 0 Å². The van der Waals surface area contributed by atoms with E-state index in [9.17, 15) is 8.42 Å². The lowest BCUT2D eigenvalue weighted by atomic mass is 10.1. The number of benzene rings is 1. The van der Waals surface area contributed by atoms with Gasteiger partial charge >= 0.3 is 0 Å². The number of nitrogens with two attached hydrogens (primary N) is 1. The molecule has 0 spiro atoms. The normalized spacial score (nSPS) is 11.8. The largest absolute Gasteiger partial charge is 0.399 e. The molecule has 1 aromatic heterocycles. The third-order valence-corrected chi connectivity index (χ3v) is 5.05. The Kier molecular flexibility index (Phi) is 4.05. The number of sulfonamides is 1. The standard InChI is InChI=1S/C12H15BrN4O2S/c1-7(2)10-6-12(16-15-10)17-20(18,19)11-5-8(14)3-4-9(11)13/h3-7H,14H2,1-2H3,(H2,15,16,17). The van der Waals surface area contributed by atoms with Crippen LogP contribution in [0.5, 0.6) is 0 Å². The summed E-state index contributed by atoms with van der Waals surface area (Å²) >= 11 is 3.21. The zero-order chi connectivity index (χ0) is 14.9. The highest BCUT2D eigenvalue weighted by atomic mass is 79.9. The average molecular weight is 359 g/mol. The SMILES string of the molecule is CC(C)c1cc(NS(=O)(=O)c2cc(N)ccc2Br)n[nH]1. The highest BCUT2D eigenvalue weighted by Crippen LogP contribution is 2.26. The van der Waals surface area contributed by atoms with Crippen molar-refractivity contribution in [3.63, 3.8) is 0 Å². The number of nitrogens with one attached hydrogen (secondary N) is 2. The van der Waals surface area contributed by atoms with Crippen molar-refractivity contribution in [2.75, 3.05) is 10.5 Å². The second-order valence-electron chi connectivity index (χ2n) is 4.66. The highest BCUT2D eigenvalue weighted by Gasteiger charge is 2.19. The minimum Gasteiger partial charge on any atom is -0.399 e. The minimum absolute atomic E-state index is 0.0756. The third-order valence-electron chi connectivity index (χ3n) is 2.70. The molecule has 0 saturated carbocycles. The molecule has 0 saturated heterocycles. The van der Waals surface area contributed by atoms with Gasteiger partial charge in [0.25, 0.3) is 10.0 Å². The molecule has 6 nitrogen and oxygen atoms in total. The maximum atomic E-state index is 12.3. The second-order valence-corrected chi connectivity index (χ2v) is 7.16. The molecule has 2 rings (SSSR count). The molecule has 1 aromatic carbocycles. The summed E-state index contributed by atoms with van der Waals surface area (Å²) in [4.78, 5) is 0.0756. The van der Waals surface area contributed by atoms with E-state index in [0.717, 1.165) is 5.69 Å². The number of nitrogen functional groups attached to an aromatic ring is 1. The van der Waals surface area contributed by atoms with Crippen LogP contribution in [0.25, 0.3) is 0 Å². The fourth-order valence-electron chi connectivity index (χ4n) is 1.60. The van der Waals surface area contributed by atoms with Crippen LogP contribution in [-0.2, 0) is 10.0 Å². The van der Waals surface area contributed by atoms with Gasteiger partial charge in [-0.3, -0.25) is 9.82 Å². The Hall–Kier alpha value is -1.54. The maximum Gasteiger partial charge on any atom is 0.264 e. The number of halogens is 1. The number of nitrogens with zero attached hydrogens (tertiary/aromatic N) is 1. The number of anilines is 2. The molecule has 0 fully saturated rings. The van der Waals surface area contributed by atoms with E-state index in [1.807, 2.05) is 13.8 Å². The topological polar surface area (TPSA) is 101 Å². The summed E-state index contributed by atoms with van der Waals surface area (Å²) in [7, 11) is -3.74. The number of hydrogen-bond acceptors (Lipinski definition) is 4. The van der Waals surface area contributed by atoms with Gasteiger partial charge in [-0.1, -0.05) is 13.8 Å². The van der Waals surface area contributed by atoms with E-state index in [2.05, 4.69) is 30.8 Å². The summed E-state index contributed by atoms with van der Waals surface area (Å²) in [6, 6.07) is 6.27. The van der Waals surface area contributed by atoms with Gasteiger partial charge in [0, 0.05) is 21.9 Å². The lowest BCUT2D eigenvalue weighted by molar-refractivity contribution is 0.600. The molecular formula is C12H15BrN4O2S. The lowest BCUT2D eigenvalue weighted by Gasteiger charge is -2.08. The van der Waals surface area contributed by atoms with Crippen LogP contribution in [-0.4, -0.2) is 18.6 Å². The van der Waals surface area contributed by atoms with Gasteiger partial charge in [0.15, 0.2) is 5.82 Å². The first-order chi connectivity index (χ1) is 9.29. The molecule has 0 amide bonds. The first-order valence-electron chi connectivity index (χ1n) is 5.93. The van der Waals surface area contributed by atoms with Crippen molar-refractivity contribution < 1.29 is 8.42 Å². The van der Waals surface area contributed by atoms with Crippen LogP contribution in [0.4, 0.5) is 11.5 Å². The number of rotatable bonds is 4. The summed E-state index contributed by atoms with van der Waals surface area (Å²) in [6.07, 6.45) is 0. The van der Waals surface area contributed by atoms with Gasteiger partial charge in [0.1, 0.15) is 4.90 Å². The van der Waals surface area contributed by atoms with E-state index in [1.54, 1.807) is 18.2 Å². The third kappa shape index (κ3) is 3.13. The monoisotopic (exact) mass is 358 g/mol. The Balaban J connectivity index is 2.33. The summed E-state index contributed by atoms with van der Waals surface area (Å²) < 4.78 is 27.5. The molecule has 0 aliphatic heterocycles. The van der Waals surface area contributed by atoms with Crippen molar-refractivity contribution in [2.45, 2.75) is 24.7 Å². The Bertz CT molecular complexity index is 725. The number of hydrogen-bond donors (Lipinski definition) is 3. The molecular weight excluding hydrogens is 344 g/mol. The average Bonchev–Trinajstić information content (AvgIpc) is 2.80. The molecule has 0 aliphatic rings. The van der Waals surface area contributed by atoms with Gasteiger partial charge in [-0.2, -0.15) is 5.10 Å². The highest BCUT2D eigenvalue weighted by molar-refractivity contribution is 9.10. The van der Waals surface area contributed by atoms with Crippen molar-refractivity contribution in [3.05, 3.63) is 34.4 Å². The van der Waals surface area contributed by atoms with E-state index in [-0.39, 0.29) is 16.6 Å². The van der Waals surface area contributed by atoms with Crippen LogP contribution in [0.1, 0.15) is 25.5 Å². The zero-order valence-electron chi connectivity index (χ0n) is 11.0. The molecule has 20 heavy (non-hydrogen) atoms. The molecule has 108 valence electrons. The van der Waals surface area contributed by atoms with Crippen LogP contribution in [0.2, 0.25) is 0 Å². The van der Waals surface area contributed by atoms with E-state index in [1.165, 1.54) is 6.07 Å². The molecule has 0 aliphatic carbocycles. The Morgan fingerprint density at radius 1 is 1.35 bits per heavy atom. The summed E-state index contributed by atoms with van der Waals surface area (Å²) in [5.41, 5.74) is 6.86. The number of H-pyrrole nitrogens is 1. The van der Waals surface area contributed by atoms with E-state index < -0.39 is 10.0 Å². The molecule has 0 bridgehead atoms. The van der Waals surface area contributed by atoms with Gasteiger partial charge in [0.2, 0.25) is 0 Å². The predicted octanol–water partition coefficient (Wildman–Crippen LogP) is 2.68. The fraction of sp³-hybridized carbons (Fsp3) is 0.250. The smallest absolute Gasteiger partial charge is 0.264 e. The predicted molar refractivity (Wildman–Crippen MR) is 82.0 cm³/mol. The van der Waals surface area contributed by atoms with Crippen molar-refractivity contribution in [1.82, 2.24) is 10.2 Å². The van der Waals surface area contributed by atoms with Crippen molar-refractivity contribution >= 4 is 37.5 Å². The van der Waals surface area contributed by atoms with Crippen LogP contribution in [0.15, 0.2) is 33.6 Å². The molecule has 0 atom stereocenters. The number of aromatic amines is 1. The first-order valence-corrected chi connectivity index (χ1v) is 8.20. The first kappa shape index (κ1) is 14.9. The number of aromatic nitrogens is 2. The van der Waals surface area contributed by atoms with Crippen molar-refractivity contribution in [2.24, 2.45) is 0 Å². The van der Waals surface area contributed by atoms with E-state index >= 15 is 0 Å². The molecule has 2 aromatic rings. The minimum atomic E-state index is -3.74. The van der Waals surface area contributed by atoms with Gasteiger partial charge < -0.3 is 5.73 Å². The molecule has 1 heterocycles. The van der Waals surface area contributed by atoms with Gasteiger partial charge in [-0.25, -0.2) is 8.42 Å². The van der Waals surface area contributed by atoms with Gasteiger partial charge in [0.05, 0.1) is 0 Å². The molecule has 8 heteroatoms.